The Bertz CT molecular complexity index is 317. The lowest BCUT2D eigenvalue weighted by Crippen LogP contribution is -2.63. The molecule has 5 atom stereocenters. The molecule has 0 bridgehead atoms. The van der Waals surface area contributed by atoms with Crippen molar-refractivity contribution in [3.63, 3.8) is 0 Å². The Hall–Kier alpha value is 0.0500. The molecule has 0 saturated carbocycles. The number of unbranched alkanes of at least 4 members (excludes halogenated alkanes) is 7. The van der Waals surface area contributed by atoms with Gasteiger partial charge in [0.25, 0.3) is 5.25 Å². The van der Waals surface area contributed by atoms with Crippen molar-refractivity contribution in [2.45, 2.75) is 88.0 Å². The summed E-state index contributed by atoms with van der Waals surface area (Å²) in [4.78, 5) is 0. The van der Waals surface area contributed by atoms with Crippen LogP contribution < -0.4 is 0 Å². The van der Waals surface area contributed by atoms with E-state index in [9.17, 15) is 15.3 Å². The van der Waals surface area contributed by atoms with Crippen molar-refractivity contribution in [3.8, 4) is 0 Å². The largest absolute Gasteiger partial charge is 0.394 e. The Labute approximate surface area is 143 Å². The molecule has 0 spiro atoms. The molecule has 0 aromatic rings. The highest BCUT2D eigenvalue weighted by atomic mass is 35.5. The highest BCUT2D eigenvalue weighted by molar-refractivity contribution is 6.22. The van der Waals surface area contributed by atoms with Crippen LogP contribution in [0.15, 0.2) is 0 Å². The standard InChI is InChI=1S/C16H31ClO6/c1-2-3-4-5-6-7-8-9-10-22-16(17)15(21)14(20)13(19)12(11-18)23-16/h12-15,18-21H,2-11H2,1H3/t12-,13-,14+,15-,16?/m1/s1. The van der Waals surface area contributed by atoms with Crippen molar-refractivity contribution >= 4 is 11.6 Å². The van der Waals surface area contributed by atoms with Gasteiger partial charge in [-0.2, -0.15) is 0 Å². The van der Waals surface area contributed by atoms with Crippen LogP contribution in [0.2, 0.25) is 0 Å². The van der Waals surface area contributed by atoms with Crippen LogP contribution >= 0.6 is 11.6 Å². The minimum Gasteiger partial charge on any atom is -0.394 e. The molecule has 1 aliphatic heterocycles. The van der Waals surface area contributed by atoms with Crippen LogP contribution in [0.5, 0.6) is 0 Å². The number of aliphatic hydroxyl groups excluding tert-OH is 4. The predicted molar refractivity (Wildman–Crippen MR) is 87.1 cm³/mol. The van der Waals surface area contributed by atoms with E-state index in [4.69, 9.17) is 26.2 Å². The summed E-state index contributed by atoms with van der Waals surface area (Å²) >= 11 is 6.08. The molecule has 6 nitrogen and oxygen atoms in total. The van der Waals surface area contributed by atoms with Gasteiger partial charge in [0.15, 0.2) is 6.10 Å². The molecule has 0 amide bonds. The molecule has 138 valence electrons. The van der Waals surface area contributed by atoms with E-state index in [0.29, 0.717) is 0 Å². The fraction of sp³-hybridized carbons (Fsp3) is 1.00. The molecule has 4 N–H and O–H groups in total. The van der Waals surface area contributed by atoms with Gasteiger partial charge in [-0.05, 0) is 6.42 Å². The van der Waals surface area contributed by atoms with Gasteiger partial charge in [-0.25, -0.2) is 0 Å². The third kappa shape index (κ3) is 6.46. The number of ether oxygens (including phenoxy) is 2. The van der Waals surface area contributed by atoms with Crippen molar-refractivity contribution in [3.05, 3.63) is 0 Å². The average molecular weight is 355 g/mol. The van der Waals surface area contributed by atoms with Gasteiger partial charge in [-0.3, -0.25) is 0 Å². The van der Waals surface area contributed by atoms with Gasteiger partial charge in [-0.15, -0.1) is 0 Å². The summed E-state index contributed by atoms with van der Waals surface area (Å²) in [6, 6.07) is 0. The summed E-state index contributed by atoms with van der Waals surface area (Å²) in [5.74, 6) is 0. The van der Waals surface area contributed by atoms with E-state index in [0.717, 1.165) is 19.3 Å². The zero-order chi connectivity index (χ0) is 17.3. The highest BCUT2D eigenvalue weighted by Gasteiger charge is 2.53. The molecule has 7 heteroatoms. The average Bonchev–Trinajstić information content (AvgIpc) is 2.55. The summed E-state index contributed by atoms with van der Waals surface area (Å²) in [6.45, 7) is 1.94. The van der Waals surface area contributed by atoms with E-state index in [1.54, 1.807) is 0 Å². The Kier molecular flexibility index (Phi) is 9.92. The fourth-order valence-electron chi connectivity index (χ4n) is 2.67. The number of rotatable bonds is 11. The van der Waals surface area contributed by atoms with E-state index in [-0.39, 0.29) is 6.61 Å². The number of hydrogen-bond donors (Lipinski definition) is 4. The second-order valence-electron chi connectivity index (χ2n) is 6.17. The lowest BCUT2D eigenvalue weighted by atomic mass is 9.99. The maximum absolute atomic E-state index is 9.93. The molecular weight excluding hydrogens is 324 g/mol. The Morgan fingerprint density at radius 1 is 0.957 bits per heavy atom. The third-order valence-electron chi connectivity index (χ3n) is 4.20. The van der Waals surface area contributed by atoms with Crippen LogP contribution in [0.4, 0.5) is 0 Å². The van der Waals surface area contributed by atoms with Crippen molar-refractivity contribution in [2.24, 2.45) is 0 Å². The topological polar surface area (TPSA) is 99.4 Å². The number of hydrogen-bond acceptors (Lipinski definition) is 6. The molecule has 23 heavy (non-hydrogen) atoms. The molecule has 1 unspecified atom stereocenters. The zero-order valence-electron chi connectivity index (χ0n) is 13.9. The first-order chi connectivity index (χ1) is 11.0. The first-order valence-electron chi connectivity index (χ1n) is 8.62. The van der Waals surface area contributed by atoms with Crippen molar-refractivity contribution in [2.75, 3.05) is 13.2 Å². The summed E-state index contributed by atoms with van der Waals surface area (Å²) in [6.07, 6.45) is 3.50. The molecule has 0 aromatic carbocycles. The minimum absolute atomic E-state index is 0.274. The predicted octanol–water partition coefficient (Wildman–Crippen LogP) is 1.51. The van der Waals surface area contributed by atoms with E-state index in [2.05, 4.69) is 6.92 Å². The SMILES string of the molecule is CCCCCCCCCCOC1(Cl)O[C@H](CO)[C@@H](O)[C@H](O)[C@H]1O. The van der Waals surface area contributed by atoms with Gasteiger partial charge in [0.2, 0.25) is 0 Å². The Morgan fingerprint density at radius 3 is 2.09 bits per heavy atom. The zero-order valence-corrected chi connectivity index (χ0v) is 14.6. The second-order valence-corrected chi connectivity index (χ2v) is 6.70. The highest BCUT2D eigenvalue weighted by Crippen LogP contribution is 2.34. The fourth-order valence-corrected chi connectivity index (χ4v) is 2.99. The Morgan fingerprint density at radius 2 is 1.52 bits per heavy atom. The molecule has 1 aliphatic rings. The quantitative estimate of drug-likeness (QED) is 0.331. The van der Waals surface area contributed by atoms with Gasteiger partial charge in [0.05, 0.1) is 13.2 Å². The molecule has 1 saturated heterocycles. The van der Waals surface area contributed by atoms with Crippen LogP contribution in [0.25, 0.3) is 0 Å². The van der Waals surface area contributed by atoms with Crippen LogP contribution in [0.1, 0.15) is 58.3 Å². The van der Waals surface area contributed by atoms with Crippen LogP contribution in [0.3, 0.4) is 0 Å². The molecule has 1 rings (SSSR count). The lowest BCUT2D eigenvalue weighted by Gasteiger charge is -2.44. The normalized spacial score (nSPS) is 34.7. The van der Waals surface area contributed by atoms with Crippen molar-refractivity contribution in [1.29, 1.82) is 0 Å². The molecule has 1 fully saturated rings. The maximum Gasteiger partial charge on any atom is 0.278 e. The summed E-state index contributed by atoms with van der Waals surface area (Å²) in [5, 5.41) is 36.6. The van der Waals surface area contributed by atoms with Crippen LogP contribution in [0, 0.1) is 0 Å². The number of alkyl halides is 1. The van der Waals surface area contributed by atoms with E-state index < -0.39 is 36.3 Å². The summed E-state index contributed by atoms with van der Waals surface area (Å²) < 4.78 is 10.6. The molecule has 1 heterocycles. The number of halogens is 1. The van der Waals surface area contributed by atoms with Gasteiger partial charge in [0, 0.05) is 0 Å². The second kappa shape index (κ2) is 10.8. The van der Waals surface area contributed by atoms with E-state index >= 15 is 0 Å². The van der Waals surface area contributed by atoms with Gasteiger partial charge in [0.1, 0.15) is 18.3 Å². The molecule has 0 aliphatic carbocycles. The first-order valence-corrected chi connectivity index (χ1v) is 8.99. The van der Waals surface area contributed by atoms with Crippen LogP contribution in [-0.2, 0) is 9.47 Å². The summed E-state index contributed by atoms with van der Waals surface area (Å²) in [5.41, 5.74) is 0. The van der Waals surface area contributed by atoms with Crippen molar-refractivity contribution in [1.82, 2.24) is 0 Å². The minimum atomic E-state index is -1.94. The van der Waals surface area contributed by atoms with E-state index in [1.807, 2.05) is 0 Å². The van der Waals surface area contributed by atoms with Crippen LogP contribution in [-0.4, -0.2) is 63.3 Å². The first kappa shape index (κ1) is 21.1. The maximum atomic E-state index is 9.93. The molecular formula is C16H31ClO6. The Balaban J connectivity index is 2.24. The van der Waals surface area contributed by atoms with Gasteiger partial charge >= 0.3 is 0 Å². The lowest BCUT2D eigenvalue weighted by molar-refractivity contribution is -0.325. The third-order valence-corrected chi connectivity index (χ3v) is 4.62. The monoisotopic (exact) mass is 354 g/mol. The summed E-state index contributed by atoms with van der Waals surface area (Å²) in [7, 11) is 0. The number of aliphatic hydroxyl groups is 4. The van der Waals surface area contributed by atoms with Gasteiger partial charge < -0.3 is 29.9 Å². The van der Waals surface area contributed by atoms with Gasteiger partial charge in [-0.1, -0.05) is 63.5 Å². The molecule has 0 aromatic heterocycles. The van der Waals surface area contributed by atoms with Crippen molar-refractivity contribution < 1.29 is 29.9 Å². The van der Waals surface area contributed by atoms with E-state index in [1.165, 1.54) is 32.1 Å². The molecule has 0 radical (unpaired) electrons. The smallest absolute Gasteiger partial charge is 0.278 e.